The Kier molecular flexibility index (Phi) is 8.30. The molecular formula is C35H62NO4+. The predicted octanol–water partition coefficient (Wildman–Crippen LogP) is 6.77. The standard InChI is InChI=1S/C30H48O3.C5H14NO/c1-18(2)19-10-15-30(25(32)33)17-16-28(6)20(24(19)30)8-9-22-27(5)13-12-23(31)26(3,4)21(27)11-14-29(22,28)7;1-6(2,3)4-5-7/h19-24,31H,1,8-17H2,2-7H3,(H,32,33);7H,4-5H2,1-3H3/q;+1/t19-,20?,21?,22?,23-,24?,27-,28+,29+,30-;/m0./s1. The van der Waals surface area contributed by atoms with Crippen molar-refractivity contribution >= 4 is 5.97 Å². The Labute approximate surface area is 245 Å². The zero-order valence-corrected chi connectivity index (χ0v) is 27.4. The van der Waals surface area contributed by atoms with Gasteiger partial charge < -0.3 is 19.8 Å². The van der Waals surface area contributed by atoms with Gasteiger partial charge in [-0.3, -0.25) is 4.79 Å². The van der Waals surface area contributed by atoms with Gasteiger partial charge in [0.05, 0.1) is 39.3 Å². The van der Waals surface area contributed by atoms with E-state index in [1.807, 2.05) is 0 Å². The van der Waals surface area contributed by atoms with Crippen LogP contribution in [-0.2, 0) is 4.79 Å². The molecule has 5 rings (SSSR count). The fourth-order valence-electron chi connectivity index (χ4n) is 11.8. The van der Waals surface area contributed by atoms with Crippen LogP contribution in [0.4, 0.5) is 0 Å². The Hall–Kier alpha value is -0.910. The first kappa shape index (κ1) is 32.0. The summed E-state index contributed by atoms with van der Waals surface area (Å²) >= 11 is 0. The highest BCUT2D eigenvalue weighted by atomic mass is 16.4. The number of aliphatic hydroxyl groups excluding tert-OH is 2. The molecule has 0 aliphatic heterocycles. The van der Waals surface area contributed by atoms with Crippen LogP contribution in [0, 0.1) is 56.7 Å². The Morgan fingerprint density at radius 3 is 2.02 bits per heavy atom. The Balaban J connectivity index is 0.000000470. The van der Waals surface area contributed by atoms with Crippen molar-refractivity contribution in [2.75, 3.05) is 34.3 Å². The number of allylic oxidation sites excluding steroid dienone is 1. The minimum Gasteiger partial charge on any atom is -0.481 e. The van der Waals surface area contributed by atoms with E-state index >= 15 is 0 Å². The topological polar surface area (TPSA) is 77.8 Å². The smallest absolute Gasteiger partial charge is 0.309 e. The van der Waals surface area contributed by atoms with Crippen LogP contribution in [0.1, 0.15) is 106 Å². The van der Waals surface area contributed by atoms with Crippen molar-refractivity contribution in [2.24, 2.45) is 56.7 Å². The number of carboxylic acids is 1. The van der Waals surface area contributed by atoms with Gasteiger partial charge in [0.25, 0.3) is 0 Å². The highest BCUT2D eigenvalue weighted by Crippen LogP contribution is 2.77. The molecular weight excluding hydrogens is 498 g/mol. The zero-order chi connectivity index (χ0) is 30.1. The number of fused-ring (bicyclic) bond motifs is 7. The van der Waals surface area contributed by atoms with Gasteiger partial charge >= 0.3 is 5.97 Å². The maximum Gasteiger partial charge on any atom is 0.309 e. The molecule has 5 fully saturated rings. The van der Waals surface area contributed by atoms with E-state index in [4.69, 9.17) is 5.11 Å². The van der Waals surface area contributed by atoms with Crippen molar-refractivity contribution < 1.29 is 24.6 Å². The van der Waals surface area contributed by atoms with E-state index < -0.39 is 11.4 Å². The monoisotopic (exact) mass is 560 g/mol. The SMILES string of the molecule is C=C(C)[C@@H]1CC[C@]2(C(=O)O)CC[C@]3(C)C(CCC4[C@@]5(C)CC[C@H](O)C(C)(C)C5CC[C@]43C)C12.C[N+](C)(C)CCO. The highest BCUT2D eigenvalue weighted by Gasteiger charge is 2.72. The molecule has 5 nitrogen and oxygen atoms in total. The molecule has 0 amide bonds. The highest BCUT2D eigenvalue weighted by molar-refractivity contribution is 5.76. The third kappa shape index (κ3) is 4.64. The number of nitrogens with zero attached hydrogens (tertiary/aromatic N) is 1. The lowest BCUT2D eigenvalue weighted by Crippen LogP contribution is -2.67. The summed E-state index contributed by atoms with van der Waals surface area (Å²) in [5.41, 5.74) is 1.35. The Morgan fingerprint density at radius 2 is 1.50 bits per heavy atom. The minimum absolute atomic E-state index is 0.0202. The first-order chi connectivity index (χ1) is 18.3. The van der Waals surface area contributed by atoms with Gasteiger partial charge in [-0.2, -0.15) is 0 Å². The number of aliphatic hydroxyl groups is 2. The van der Waals surface area contributed by atoms with Crippen molar-refractivity contribution in [3.8, 4) is 0 Å². The maximum absolute atomic E-state index is 12.8. The summed E-state index contributed by atoms with van der Waals surface area (Å²) in [5, 5.41) is 29.8. The molecule has 5 aliphatic rings. The molecule has 4 unspecified atom stereocenters. The number of quaternary nitrogens is 1. The molecule has 5 saturated carbocycles. The van der Waals surface area contributed by atoms with Crippen molar-refractivity contribution in [1.82, 2.24) is 0 Å². The molecule has 40 heavy (non-hydrogen) atoms. The van der Waals surface area contributed by atoms with Crippen molar-refractivity contribution in [1.29, 1.82) is 0 Å². The van der Waals surface area contributed by atoms with Gasteiger partial charge in [-0.05, 0) is 122 Å². The predicted molar refractivity (Wildman–Crippen MR) is 163 cm³/mol. The van der Waals surface area contributed by atoms with Crippen molar-refractivity contribution in [2.45, 2.75) is 112 Å². The lowest BCUT2D eigenvalue weighted by molar-refractivity contribution is -0.870. The first-order valence-corrected chi connectivity index (χ1v) is 16.3. The second kappa shape index (κ2) is 10.4. The second-order valence-electron chi connectivity index (χ2n) is 17.3. The van der Waals surface area contributed by atoms with E-state index in [0.29, 0.717) is 23.7 Å². The van der Waals surface area contributed by atoms with Gasteiger partial charge in [0.1, 0.15) is 6.54 Å². The zero-order valence-electron chi connectivity index (χ0n) is 27.4. The van der Waals surface area contributed by atoms with E-state index in [1.165, 1.54) is 31.3 Å². The summed E-state index contributed by atoms with van der Waals surface area (Å²) in [5.74, 6) is 1.79. The van der Waals surface area contributed by atoms with Crippen LogP contribution < -0.4 is 0 Å². The maximum atomic E-state index is 12.8. The molecule has 230 valence electrons. The number of carboxylic acid groups (broad SMARTS) is 1. The Bertz CT molecular complexity index is 984. The van der Waals surface area contributed by atoms with Crippen LogP contribution in [0.5, 0.6) is 0 Å². The Morgan fingerprint density at radius 1 is 0.850 bits per heavy atom. The number of rotatable bonds is 4. The number of aliphatic carboxylic acids is 1. The third-order valence-electron chi connectivity index (χ3n) is 14.2. The van der Waals surface area contributed by atoms with E-state index in [2.05, 4.69) is 69.3 Å². The van der Waals surface area contributed by atoms with Gasteiger partial charge in [-0.25, -0.2) is 0 Å². The molecule has 0 spiro atoms. The van der Waals surface area contributed by atoms with Crippen LogP contribution in [0.25, 0.3) is 0 Å². The van der Waals surface area contributed by atoms with E-state index in [-0.39, 0.29) is 40.3 Å². The van der Waals surface area contributed by atoms with Crippen LogP contribution >= 0.6 is 0 Å². The summed E-state index contributed by atoms with van der Waals surface area (Å²) in [7, 11) is 6.16. The summed E-state index contributed by atoms with van der Waals surface area (Å²) in [6, 6.07) is 0. The summed E-state index contributed by atoms with van der Waals surface area (Å²) < 4.78 is 0.844. The molecule has 0 bridgehead atoms. The molecule has 3 N–H and O–H groups in total. The third-order valence-corrected chi connectivity index (χ3v) is 14.2. The fraction of sp³-hybridized carbons (Fsp3) is 0.914. The molecule has 0 radical (unpaired) electrons. The number of hydrogen-bond donors (Lipinski definition) is 3. The van der Waals surface area contributed by atoms with Crippen LogP contribution in [-0.4, -0.2) is 66.2 Å². The minimum atomic E-state index is -0.538. The van der Waals surface area contributed by atoms with Crippen molar-refractivity contribution in [3.05, 3.63) is 12.2 Å². The number of likely N-dealkylation sites (N-methyl/N-ethyl adjacent to an activating group) is 1. The largest absolute Gasteiger partial charge is 0.481 e. The van der Waals surface area contributed by atoms with E-state index in [9.17, 15) is 15.0 Å². The van der Waals surface area contributed by atoms with Gasteiger partial charge in [-0.1, -0.05) is 46.8 Å². The fourth-order valence-corrected chi connectivity index (χ4v) is 11.8. The molecule has 5 aliphatic carbocycles. The molecule has 0 aromatic heterocycles. The molecule has 5 heteroatoms. The summed E-state index contributed by atoms with van der Waals surface area (Å²) in [6.07, 6.45) is 10.5. The average molecular weight is 561 g/mol. The normalized spacial score (nSPS) is 47.5. The van der Waals surface area contributed by atoms with Crippen molar-refractivity contribution in [3.63, 3.8) is 0 Å². The van der Waals surface area contributed by atoms with E-state index in [0.717, 1.165) is 49.6 Å². The lowest BCUT2D eigenvalue weighted by atomic mass is 9.32. The molecule has 0 heterocycles. The quantitative estimate of drug-likeness (QED) is 0.262. The van der Waals surface area contributed by atoms with Gasteiger partial charge in [0.2, 0.25) is 0 Å². The lowest BCUT2D eigenvalue weighted by Gasteiger charge is -2.72. The van der Waals surface area contributed by atoms with Gasteiger partial charge in [0.15, 0.2) is 0 Å². The number of hydrogen-bond acceptors (Lipinski definition) is 3. The van der Waals surface area contributed by atoms with Gasteiger partial charge in [0, 0.05) is 0 Å². The van der Waals surface area contributed by atoms with E-state index in [1.54, 1.807) is 0 Å². The second-order valence-corrected chi connectivity index (χ2v) is 17.3. The molecule has 0 saturated heterocycles. The number of carbonyl (C=O) groups is 1. The molecule has 10 atom stereocenters. The van der Waals surface area contributed by atoms with Crippen LogP contribution in [0.2, 0.25) is 0 Å². The summed E-state index contributed by atoms with van der Waals surface area (Å²) in [6.45, 7) is 20.0. The van der Waals surface area contributed by atoms with Crippen LogP contribution in [0.15, 0.2) is 12.2 Å². The molecule has 0 aromatic carbocycles. The first-order valence-electron chi connectivity index (χ1n) is 16.3. The van der Waals surface area contributed by atoms with Gasteiger partial charge in [-0.15, -0.1) is 0 Å². The summed E-state index contributed by atoms with van der Waals surface area (Å²) in [4.78, 5) is 12.8. The molecule has 0 aromatic rings. The average Bonchev–Trinajstić information content (AvgIpc) is 3.23. The van der Waals surface area contributed by atoms with Crippen LogP contribution in [0.3, 0.4) is 0 Å².